The maximum atomic E-state index is 10.9. The van der Waals surface area contributed by atoms with Crippen LogP contribution >= 0.6 is 0 Å². The molecule has 0 bridgehead atoms. The minimum atomic E-state index is -0.964. The molecule has 0 amide bonds. The van der Waals surface area contributed by atoms with Gasteiger partial charge in [-0.2, -0.15) is 0 Å². The highest BCUT2D eigenvalue weighted by molar-refractivity contribution is 5.98. The van der Waals surface area contributed by atoms with Crippen molar-refractivity contribution in [1.29, 1.82) is 0 Å². The van der Waals surface area contributed by atoms with E-state index in [9.17, 15) is 14.4 Å². The number of ether oxygens (including phenoxy) is 3. The van der Waals surface area contributed by atoms with E-state index in [4.69, 9.17) is 18.6 Å². The first-order valence-corrected chi connectivity index (χ1v) is 6.19. The number of rotatable bonds is 7. The standard InChI is InChI=1S/C10H18O7Si/c1-6(11)14-5-4-9(15-7(2)12)10(17-18)16-8(3)13/h9-10H,4-5H2,1-3,18H3. The Morgan fingerprint density at radius 1 is 1.00 bits per heavy atom. The highest BCUT2D eigenvalue weighted by atomic mass is 28.2. The summed E-state index contributed by atoms with van der Waals surface area (Å²) in [6.07, 6.45) is -1.56. The van der Waals surface area contributed by atoms with Gasteiger partial charge in [-0.1, -0.05) is 0 Å². The molecule has 18 heavy (non-hydrogen) atoms. The molecule has 104 valence electrons. The SMILES string of the molecule is CC(=O)OCCC(OC(C)=O)C(O[SiH3])OC(C)=O. The lowest BCUT2D eigenvalue weighted by Gasteiger charge is -2.25. The minimum Gasteiger partial charge on any atom is -0.466 e. The smallest absolute Gasteiger partial charge is 0.305 e. The summed E-state index contributed by atoms with van der Waals surface area (Å²) in [7, 11) is 0.305. The van der Waals surface area contributed by atoms with E-state index in [1.54, 1.807) is 0 Å². The summed E-state index contributed by atoms with van der Waals surface area (Å²) in [5.41, 5.74) is 0. The van der Waals surface area contributed by atoms with Gasteiger partial charge >= 0.3 is 17.9 Å². The topological polar surface area (TPSA) is 88.1 Å². The predicted molar refractivity (Wildman–Crippen MR) is 63.4 cm³/mol. The molecule has 7 nitrogen and oxygen atoms in total. The molecule has 8 heteroatoms. The van der Waals surface area contributed by atoms with Crippen LogP contribution in [-0.4, -0.2) is 47.4 Å². The Labute approximate surface area is 108 Å². The molecule has 0 saturated heterocycles. The lowest BCUT2D eigenvalue weighted by atomic mass is 10.2. The molecule has 0 spiro atoms. The monoisotopic (exact) mass is 278 g/mol. The van der Waals surface area contributed by atoms with Gasteiger partial charge in [0.1, 0.15) is 0 Å². The fourth-order valence-corrected chi connectivity index (χ4v) is 1.62. The zero-order valence-corrected chi connectivity index (χ0v) is 12.9. The zero-order chi connectivity index (χ0) is 14.1. The third kappa shape index (κ3) is 7.79. The summed E-state index contributed by atoms with van der Waals surface area (Å²) < 4.78 is 19.7. The van der Waals surface area contributed by atoms with E-state index in [1.807, 2.05) is 0 Å². The Balaban J connectivity index is 4.46. The van der Waals surface area contributed by atoms with Gasteiger partial charge in [-0.05, 0) is 0 Å². The Morgan fingerprint density at radius 3 is 1.94 bits per heavy atom. The molecular formula is C10H18O7Si. The van der Waals surface area contributed by atoms with Gasteiger partial charge in [0.2, 0.25) is 6.29 Å². The second-order valence-electron chi connectivity index (χ2n) is 3.49. The first-order chi connectivity index (χ1) is 8.36. The number of carbonyl (C=O) groups excluding carboxylic acids is 3. The third-order valence-electron chi connectivity index (χ3n) is 1.84. The van der Waals surface area contributed by atoms with Crippen molar-refractivity contribution >= 4 is 28.4 Å². The minimum absolute atomic E-state index is 0.0515. The summed E-state index contributed by atoms with van der Waals surface area (Å²) in [4.78, 5) is 32.4. The molecule has 0 rings (SSSR count). The lowest BCUT2D eigenvalue weighted by molar-refractivity contribution is -0.191. The van der Waals surface area contributed by atoms with Crippen LogP contribution in [0.1, 0.15) is 27.2 Å². The van der Waals surface area contributed by atoms with Crippen LogP contribution < -0.4 is 0 Å². The van der Waals surface area contributed by atoms with Crippen molar-refractivity contribution in [2.24, 2.45) is 0 Å². The molecule has 0 heterocycles. The molecule has 2 unspecified atom stereocenters. The van der Waals surface area contributed by atoms with Crippen molar-refractivity contribution in [3.8, 4) is 0 Å². The highest BCUT2D eigenvalue weighted by Gasteiger charge is 2.26. The summed E-state index contributed by atoms with van der Waals surface area (Å²) in [6.45, 7) is 3.78. The Morgan fingerprint density at radius 2 is 1.56 bits per heavy atom. The van der Waals surface area contributed by atoms with Gasteiger partial charge in [-0.3, -0.25) is 14.4 Å². The second-order valence-corrected chi connectivity index (χ2v) is 3.96. The van der Waals surface area contributed by atoms with Crippen LogP contribution in [0, 0.1) is 0 Å². The summed E-state index contributed by atoms with van der Waals surface area (Å²) in [5, 5.41) is 0. The normalized spacial score (nSPS) is 13.5. The fourth-order valence-electron chi connectivity index (χ4n) is 1.22. The van der Waals surface area contributed by atoms with Crippen LogP contribution in [-0.2, 0) is 33.0 Å². The molecule has 0 aliphatic heterocycles. The maximum absolute atomic E-state index is 10.9. The largest absolute Gasteiger partial charge is 0.466 e. The molecule has 0 aromatic rings. The number of carbonyl (C=O) groups is 3. The molecule has 0 radical (unpaired) electrons. The third-order valence-corrected chi connectivity index (χ3v) is 2.31. The van der Waals surface area contributed by atoms with Gasteiger partial charge in [0.25, 0.3) is 0 Å². The molecule has 0 saturated carbocycles. The van der Waals surface area contributed by atoms with Crippen molar-refractivity contribution < 1.29 is 33.0 Å². The van der Waals surface area contributed by atoms with E-state index in [-0.39, 0.29) is 13.0 Å². The molecule has 0 aromatic heterocycles. The van der Waals surface area contributed by atoms with Gasteiger partial charge in [0, 0.05) is 27.2 Å². The maximum Gasteiger partial charge on any atom is 0.305 e. The van der Waals surface area contributed by atoms with Crippen LogP contribution in [0.4, 0.5) is 0 Å². The molecule has 2 atom stereocenters. The van der Waals surface area contributed by atoms with Gasteiger partial charge in [0.05, 0.1) is 6.61 Å². The lowest BCUT2D eigenvalue weighted by Crippen LogP contribution is -2.37. The van der Waals surface area contributed by atoms with Crippen LogP contribution in [0.2, 0.25) is 0 Å². The average molecular weight is 278 g/mol. The van der Waals surface area contributed by atoms with Crippen LogP contribution in [0.15, 0.2) is 0 Å². The fraction of sp³-hybridized carbons (Fsp3) is 0.700. The van der Waals surface area contributed by atoms with Gasteiger partial charge in [0.15, 0.2) is 16.6 Å². The van der Waals surface area contributed by atoms with Crippen LogP contribution in [0.5, 0.6) is 0 Å². The summed E-state index contributed by atoms with van der Waals surface area (Å²) in [5.74, 6) is -1.51. The van der Waals surface area contributed by atoms with Crippen molar-refractivity contribution in [1.82, 2.24) is 0 Å². The quantitative estimate of drug-likeness (QED) is 0.257. The van der Waals surface area contributed by atoms with Gasteiger partial charge in [-0.25, -0.2) is 0 Å². The van der Waals surface area contributed by atoms with Crippen molar-refractivity contribution in [2.45, 2.75) is 39.6 Å². The van der Waals surface area contributed by atoms with E-state index >= 15 is 0 Å². The molecule has 0 aliphatic carbocycles. The van der Waals surface area contributed by atoms with Crippen molar-refractivity contribution in [3.63, 3.8) is 0 Å². The predicted octanol–water partition coefficient (Wildman–Crippen LogP) is -0.943. The van der Waals surface area contributed by atoms with E-state index < -0.39 is 30.3 Å². The van der Waals surface area contributed by atoms with Crippen LogP contribution in [0.3, 0.4) is 0 Å². The summed E-state index contributed by atoms with van der Waals surface area (Å²) in [6, 6.07) is 0. The average Bonchev–Trinajstić information content (AvgIpc) is 2.23. The van der Waals surface area contributed by atoms with E-state index in [2.05, 4.69) is 0 Å². The first-order valence-electron chi connectivity index (χ1n) is 5.37. The molecule has 0 aliphatic rings. The van der Waals surface area contributed by atoms with Crippen molar-refractivity contribution in [2.75, 3.05) is 6.61 Å². The second kappa shape index (κ2) is 8.64. The molecular weight excluding hydrogens is 260 g/mol. The van der Waals surface area contributed by atoms with Gasteiger partial charge < -0.3 is 18.6 Å². The van der Waals surface area contributed by atoms with Crippen LogP contribution in [0.25, 0.3) is 0 Å². The Bertz CT molecular complexity index is 305. The summed E-state index contributed by atoms with van der Waals surface area (Å²) >= 11 is 0. The zero-order valence-electron chi connectivity index (χ0n) is 10.9. The van der Waals surface area contributed by atoms with Crippen molar-refractivity contribution in [3.05, 3.63) is 0 Å². The number of hydrogen-bond acceptors (Lipinski definition) is 7. The molecule has 0 aromatic carbocycles. The number of hydrogen-bond donors (Lipinski definition) is 0. The number of esters is 3. The highest BCUT2D eigenvalue weighted by Crippen LogP contribution is 2.11. The Hall–Kier alpha value is -1.41. The van der Waals surface area contributed by atoms with Gasteiger partial charge in [-0.15, -0.1) is 0 Å². The van der Waals surface area contributed by atoms with E-state index in [1.165, 1.54) is 20.8 Å². The van der Waals surface area contributed by atoms with E-state index in [0.717, 1.165) is 0 Å². The molecule has 0 fully saturated rings. The Kier molecular flexibility index (Phi) is 7.97. The first kappa shape index (κ1) is 16.6. The molecule has 0 N–H and O–H groups in total. The van der Waals surface area contributed by atoms with E-state index in [0.29, 0.717) is 10.5 Å².